The first-order chi connectivity index (χ1) is 11.3. The molecule has 0 aliphatic carbocycles. The van der Waals surface area contributed by atoms with Crippen LogP contribution >= 0.6 is 11.3 Å². The number of methoxy groups -OCH3 is 2. The lowest BCUT2D eigenvalue weighted by Crippen LogP contribution is -2.12. The highest BCUT2D eigenvalue weighted by Crippen LogP contribution is 2.34. The number of nitrogens with zero attached hydrogens (tertiary/aromatic N) is 2. The summed E-state index contributed by atoms with van der Waals surface area (Å²) in [5, 5.41) is 6.45. The van der Waals surface area contributed by atoms with E-state index < -0.39 is 0 Å². The summed E-state index contributed by atoms with van der Waals surface area (Å²) in [5.41, 5.74) is 2.03. The number of hydrogen-bond donors (Lipinski definition) is 1. The second kappa shape index (κ2) is 7.11. The zero-order valence-corrected chi connectivity index (χ0v) is 13.7. The maximum atomic E-state index is 5.41. The van der Waals surface area contributed by atoms with Gasteiger partial charge in [0.1, 0.15) is 11.0 Å². The van der Waals surface area contributed by atoms with Crippen molar-refractivity contribution in [2.24, 2.45) is 0 Å². The Morgan fingerprint density at radius 2 is 1.78 bits per heavy atom. The summed E-state index contributed by atoms with van der Waals surface area (Å²) in [4.78, 5) is 8.50. The van der Waals surface area contributed by atoms with Crippen molar-refractivity contribution >= 4 is 17.0 Å². The van der Waals surface area contributed by atoms with Gasteiger partial charge in [0.2, 0.25) is 0 Å². The van der Waals surface area contributed by atoms with Crippen molar-refractivity contribution < 1.29 is 9.47 Å². The Balaban J connectivity index is 1.98. The molecule has 118 valence electrons. The molecule has 0 spiro atoms. The third kappa shape index (κ3) is 3.43. The van der Waals surface area contributed by atoms with Crippen LogP contribution in [0.25, 0.3) is 0 Å². The van der Waals surface area contributed by atoms with E-state index in [1.165, 1.54) is 0 Å². The van der Waals surface area contributed by atoms with Gasteiger partial charge in [-0.2, -0.15) is 0 Å². The number of hydrogen-bond acceptors (Lipinski definition) is 6. The lowest BCUT2D eigenvalue weighted by molar-refractivity contribution is 0.354. The van der Waals surface area contributed by atoms with Crippen LogP contribution in [0.2, 0.25) is 0 Å². The highest BCUT2D eigenvalue weighted by atomic mass is 32.1. The molecule has 6 heteroatoms. The minimum atomic E-state index is -0.0720. The third-order valence-corrected chi connectivity index (χ3v) is 4.27. The Labute approximate surface area is 138 Å². The van der Waals surface area contributed by atoms with E-state index in [4.69, 9.17) is 9.47 Å². The molecule has 5 nitrogen and oxygen atoms in total. The van der Waals surface area contributed by atoms with Crippen LogP contribution in [0.1, 0.15) is 16.6 Å². The molecule has 2 aromatic heterocycles. The van der Waals surface area contributed by atoms with Crippen LogP contribution < -0.4 is 14.8 Å². The Morgan fingerprint density at radius 1 is 1.00 bits per heavy atom. The molecule has 0 saturated heterocycles. The predicted octanol–water partition coefficient (Wildman–Crippen LogP) is 3.76. The topological polar surface area (TPSA) is 56.3 Å². The predicted molar refractivity (Wildman–Crippen MR) is 91.4 cm³/mol. The highest BCUT2D eigenvalue weighted by Gasteiger charge is 2.18. The van der Waals surface area contributed by atoms with E-state index in [0.717, 1.165) is 16.3 Å². The molecule has 1 unspecified atom stereocenters. The Kier molecular flexibility index (Phi) is 4.73. The van der Waals surface area contributed by atoms with Crippen LogP contribution in [0.3, 0.4) is 0 Å². The van der Waals surface area contributed by atoms with Crippen LogP contribution in [-0.2, 0) is 0 Å². The monoisotopic (exact) mass is 327 g/mol. The average Bonchev–Trinajstić information content (AvgIpc) is 3.14. The Morgan fingerprint density at radius 3 is 2.43 bits per heavy atom. The summed E-state index contributed by atoms with van der Waals surface area (Å²) < 4.78 is 10.7. The number of benzene rings is 1. The maximum Gasteiger partial charge on any atom is 0.161 e. The highest BCUT2D eigenvalue weighted by molar-refractivity contribution is 7.09. The molecule has 1 atom stereocenters. The van der Waals surface area contributed by atoms with Gasteiger partial charge in [0.25, 0.3) is 0 Å². The zero-order valence-electron chi connectivity index (χ0n) is 12.9. The van der Waals surface area contributed by atoms with Crippen molar-refractivity contribution in [2.45, 2.75) is 6.04 Å². The summed E-state index contributed by atoms with van der Waals surface area (Å²) in [6, 6.07) is 9.68. The largest absolute Gasteiger partial charge is 0.493 e. The normalized spacial score (nSPS) is 11.7. The van der Waals surface area contributed by atoms with Crippen LogP contribution in [0.5, 0.6) is 11.5 Å². The van der Waals surface area contributed by atoms with Crippen molar-refractivity contribution in [1.29, 1.82) is 0 Å². The van der Waals surface area contributed by atoms with E-state index in [2.05, 4.69) is 15.3 Å². The fourth-order valence-corrected chi connectivity index (χ4v) is 3.03. The third-order valence-electron chi connectivity index (χ3n) is 3.43. The average molecular weight is 327 g/mol. The van der Waals surface area contributed by atoms with Gasteiger partial charge < -0.3 is 14.8 Å². The first-order valence-electron chi connectivity index (χ1n) is 7.09. The molecule has 0 aliphatic rings. The second-order valence-corrected chi connectivity index (χ2v) is 5.72. The molecule has 2 heterocycles. The molecule has 1 N–H and O–H groups in total. The van der Waals surface area contributed by atoms with Crippen molar-refractivity contribution in [2.75, 3.05) is 19.5 Å². The number of nitrogens with one attached hydrogen (secondary N) is 1. The number of ether oxygens (including phenoxy) is 2. The van der Waals surface area contributed by atoms with Crippen LogP contribution in [0.4, 0.5) is 5.69 Å². The lowest BCUT2D eigenvalue weighted by atomic mass is 10.1. The summed E-state index contributed by atoms with van der Waals surface area (Å²) in [5.74, 6) is 1.40. The molecule has 3 aromatic rings. The molecule has 0 aliphatic heterocycles. The maximum absolute atomic E-state index is 5.41. The fourth-order valence-electron chi connectivity index (χ4n) is 2.31. The van der Waals surface area contributed by atoms with E-state index in [9.17, 15) is 0 Å². The van der Waals surface area contributed by atoms with E-state index in [-0.39, 0.29) is 6.04 Å². The van der Waals surface area contributed by atoms with Crippen molar-refractivity contribution in [3.05, 3.63) is 64.9 Å². The minimum absolute atomic E-state index is 0.0720. The van der Waals surface area contributed by atoms with Crippen LogP contribution in [0.15, 0.2) is 54.3 Å². The number of anilines is 1. The standard InChI is InChI=1S/C17H17N3O2S/c1-21-14-4-3-12(11-15(14)22-2)16(17-19-9-10-23-17)20-13-5-7-18-8-6-13/h3-11,16H,1-2H3,(H,18,20). The number of pyridine rings is 1. The van der Waals surface area contributed by atoms with E-state index >= 15 is 0 Å². The van der Waals surface area contributed by atoms with Crippen molar-refractivity contribution in [3.63, 3.8) is 0 Å². The van der Waals surface area contributed by atoms with E-state index in [0.29, 0.717) is 11.5 Å². The summed E-state index contributed by atoms with van der Waals surface area (Å²) >= 11 is 1.61. The van der Waals surface area contributed by atoms with Gasteiger partial charge >= 0.3 is 0 Å². The second-order valence-electron chi connectivity index (χ2n) is 4.80. The Bertz CT molecular complexity index is 748. The van der Waals surface area contributed by atoms with Gasteiger partial charge in [0, 0.05) is 29.7 Å². The van der Waals surface area contributed by atoms with E-state index in [1.54, 1.807) is 38.0 Å². The summed E-state index contributed by atoms with van der Waals surface area (Å²) in [6.07, 6.45) is 5.33. The molecular formula is C17H17N3O2S. The summed E-state index contributed by atoms with van der Waals surface area (Å²) in [7, 11) is 3.27. The number of thiazole rings is 1. The van der Waals surface area contributed by atoms with Gasteiger partial charge in [-0.25, -0.2) is 4.98 Å². The van der Waals surface area contributed by atoms with Gasteiger partial charge in [0.05, 0.1) is 14.2 Å². The molecule has 0 bridgehead atoms. The molecule has 0 radical (unpaired) electrons. The molecule has 23 heavy (non-hydrogen) atoms. The van der Waals surface area contributed by atoms with Crippen molar-refractivity contribution in [3.8, 4) is 11.5 Å². The minimum Gasteiger partial charge on any atom is -0.493 e. The van der Waals surface area contributed by atoms with Gasteiger partial charge in [-0.05, 0) is 29.8 Å². The first-order valence-corrected chi connectivity index (χ1v) is 7.97. The fraction of sp³-hybridized carbons (Fsp3) is 0.176. The first kappa shape index (κ1) is 15.3. The molecule has 0 fully saturated rings. The number of rotatable bonds is 6. The molecular weight excluding hydrogens is 310 g/mol. The Hall–Kier alpha value is -2.60. The lowest BCUT2D eigenvalue weighted by Gasteiger charge is -2.19. The smallest absolute Gasteiger partial charge is 0.161 e. The molecule has 0 saturated carbocycles. The van der Waals surface area contributed by atoms with Gasteiger partial charge in [-0.15, -0.1) is 11.3 Å². The van der Waals surface area contributed by atoms with Crippen LogP contribution in [-0.4, -0.2) is 24.2 Å². The molecule has 1 aromatic carbocycles. The number of aromatic nitrogens is 2. The quantitative estimate of drug-likeness (QED) is 0.747. The van der Waals surface area contributed by atoms with Gasteiger partial charge in [-0.1, -0.05) is 6.07 Å². The van der Waals surface area contributed by atoms with Crippen molar-refractivity contribution in [1.82, 2.24) is 9.97 Å². The van der Waals surface area contributed by atoms with Gasteiger partial charge in [-0.3, -0.25) is 4.98 Å². The molecule has 0 amide bonds. The van der Waals surface area contributed by atoms with Crippen LogP contribution in [0, 0.1) is 0 Å². The SMILES string of the molecule is COc1ccc(C(Nc2ccncc2)c2nccs2)cc1OC. The zero-order chi connectivity index (χ0) is 16.1. The van der Waals surface area contributed by atoms with Gasteiger partial charge in [0.15, 0.2) is 11.5 Å². The van der Waals surface area contributed by atoms with E-state index in [1.807, 2.05) is 41.9 Å². The summed E-state index contributed by atoms with van der Waals surface area (Å²) in [6.45, 7) is 0. The molecule has 3 rings (SSSR count).